The second kappa shape index (κ2) is 7.69. The Morgan fingerprint density at radius 1 is 1.40 bits per heavy atom. The summed E-state index contributed by atoms with van der Waals surface area (Å²) in [6.45, 7) is 4.62. The second-order valence-corrected chi connectivity index (χ2v) is 4.87. The van der Waals surface area contributed by atoms with Crippen LogP contribution in [0.1, 0.15) is 23.7 Å². The molecule has 1 aromatic heterocycles. The van der Waals surface area contributed by atoms with E-state index in [1.165, 1.54) is 7.11 Å². The van der Waals surface area contributed by atoms with Crippen LogP contribution >= 0.6 is 0 Å². The number of aromatic nitrogens is 1. The summed E-state index contributed by atoms with van der Waals surface area (Å²) in [5, 5.41) is 0. The van der Waals surface area contributed by atoms with Gasteiger partial charge in [0.2, 0.25) is 0 Å². The van der Waals surface area contributed by atoms with Crippen LogP contribution in [0.3, 0.4) is 0 Å². The van der Waals surface area contributed by atoms with Crippen molar-refractivity contribution in [2.75, 3.05) is 51.5 Å². The van der Waals surface area contributed by atoms with Crippen molar-refractivity contribution < 1.29 is 9.53 Å². The molecule has 0 atom stereocenters. The first-order valence-corrected chi connectivity index (χ1v) is 6.73. The van der Waals surface area contributed by atoms with Gasteiger partial charge in [-0.25, -0.2) is 9.78 Å². The van der Waals surface area contributed by atoms with Crippen LogP contribution in [0, 0.1) is 0 Å². The first-order valence-electron chi connectivity index (χ1n) is 6.73. The summed E-state index contributed by atoms with van der Waals surface area (Å²) < 4.78 is 4.80. The summed E-state index contributed by atoms with van der Waals surface area (Å²) in [5.41, 5.74) is 6.58. The molecule has 2 N–H and O–H groups in total. The van der Waals surface area contributed by atoms with E-state index >= 15 is 0 Å². The Balaban J connectivity index is 2.93. The number of nitrogen functional groups attached to an aromatic ring is 1. The van der Waals surface area contributed by atoms with Crippen LogP contribution in [0.5, 0.6) is 0 Å². The highest BCUT2D eigenvalue weighted by molar-refractivity contribution is 5.95. The summed E-state index contributed by atoms with van der Waals surface area (Å²) in [7, 11) is 5.44. The predicted octanol–water partition coefficient (Wildman–Crippen LogP) is 1.23. The fourth-order valence-corrected chi connectivity index (χ4v) is 1.98. The molecule has 1 heterocycles. The Kier molecular flexibility index (Phi) is 6.24. The number of ether oxygens (including phenoxy) is 1. The minimum atomic E-state index is -0.411. The number of nitrogens with two attached hydrogens (primary N) is 1. The molecule has 6 heteroatoms. The van der Waals surface area contributed by atoms with Gasteiger partial charge in [-0.3, -0.25) is 0 Å². The molecule has 0 bridgehead atoms. The summed E-state index contributed by atoms with van der Waals surface area (Å²) in [5.74, 6) is 0.221. The summed E-state index contributed by atoms with van der Waals surface area (Å²) in [4.78, 5) is 20.3. The fraction of sp³-hybridized carbons (Fsp3) is 0.571. The molecule has 0 amide bonds. The smallest absolute Gasteiger partial charge is 0.341 e. The highest BCUT2D eigenvalue weighted by atomic mass is 16.5. The number of esters is 1. The molecule has 1 aromatic rings. The first-order chi connectivity index (χ1) is 9.49. The molecule has 0 saturated heterocycles. The zero-order chi connectivity index (χ0) is 15.1. The first kappa shape index (κ1) is 16.2. The lowest BCUT2D eigenvalue weighted by atomic mass is 10.2. The minimum Gasteiger partial charge on any atom is -0.465 e. The van der Waals surface area contributed by atoms with Crippen molar-refractivity contribution in [1.29, 1.82) is 0 Å². The van der Waals surface area contributed by atoms with Crippen molar-refractivity contribution in [3.05, 3.63) is 17.8 Å². The molecule has 0 unspecified atom stereocenters. The molecule has 0 aliphatic carbocycles. The Morgan fingerprint density at radius 2 is 2.10 bits per heavy atom. The fourth-order valence-electron chi connectivity index (χ4n) is 1.98. The SMILES string of the molecule is CCN(CCCN(C)C)c1ncc(N)cc1C(=O)OC. The highest BCUT2D eigenvalue weighted by Crippen LogP contribution is 2.21. The van der Waals surface area contributed by atoms with Crippen LogP contribution in [-0.4, -0.2) is 56.7 Å². The number of nitrogens with zero attached hydrogens (tertiary/aromatic N) is 3. The van der Waals surface area contributed by atoms with Crippen molar-refractivity contribution in [3.63, 3.8) is 0 Å². The maximum absolute atomic E-state index is 11.8. The molecule has 0 radical (unpaired) electrons. The van der Waals surface area contributed by atoms with E-state index < -0.39 is 5.97 Å². The van der Waals surface area contributed by atoms with E-state index in [0.717, 1.165) is 26.1 Å². The van der Waals surface area contributed by atoms with Gasteiger partial charge in [-0.05, 0) is 40.1 Å². The van der Waals surface area contributed by atoms with E-state index in [0.29, 0.717) is 17.1 Å². The Labute approximate surface area is 120 Å². The molecule has 0 aliphatic heterocycles. The van der Waals surface area contributed by atoms with Crippen molar-refractivity contribution >= 4 is 17.5 Å². The van der Waals surface area contributed by atoms with Crippen LogP contribution in [-0.2, 0) is 4.74 Å². The normalized spacial score (nSPS) is 10.7. The lowest BCUT2D eigenvalue weighted by Gasteiger charge is -2.24. The molecule has 0 aliphatic rings. The maximum Gasteiger partial charge on any atom is 0.341 e. The zero-order valence-electron chi connectivity index (χ0n) is 12.7. The van der Waals surface area contributed by atoms with Crippen molar-refractivity contribution in [2.24, 2.45) is 0 Å². The number of carbonyl (C=O) groups excluding carboxylic acids is 1. The van der Waals surface area contributed by atoms with Crippen molar-refractivity contribution in [3.8, 4) is 0 Å². The Morgan fingerprint density at radius 3 is 2.65 bits per heavy atom. The van der Waals surface area contributed by atoms with Gasteiger partial charge in [0.1, 0.15) is 11.4 Å². The van der Waals surface area contributed by atoms with E-state index in [-0.39, 0.29) is 0 Å². The molecule has 20 heavy (non-hydrogen) atoms. The highest BCUT2D eigenvalue weighted by Gasteiger charge is 2.18. The third kappa shape index (κ3) is 4.38. The molecule has 0 saturated carbocycles. The molecule has 0 fully saturated rings. The lowest BCUT2D eigenvalue weighted by Crippen LogP contribution is -2.29. The molecule has 112 valence electrons. The van der Waals surface area contributed by atoms with E-state index in [2.05, 4.69) is 14.8 Å². The van der Waals surface area contributed by atoms with Crippen LogP contribution in [0.25, 0.3) is 0 Å². The van der Waals surface area contributed by atoms with Crippen molar-refractivity contribution in [1.82, 2.24) is 9.88 Å². The molecular formula is C14H24N4O2. The predicted molar refractivity (Wildman–Crippen MR) is 81.0 cm³/mol. The van der Waals surface area contributed by atoms with Crippen LogP contribution in [0.4, 0.5) is 11.5 Å². The molecule has 1 rings (SSSR count). The van der Waals surface area contributed by atoms with Gasteiger partial charge in [-0.15, -0.1) is 0 Å². The number of hydrogen-bond donors (Lipinski definition) is 1. The third-order valence-corrected chi connectivity index (χ3v) is 3.01. The monoisotopic (exact) mass is 280 g/mol. The van der Waals surface area contributed by atoms with Gasteiger partial charge in [-0.2, -0.15) is 0 Å². The topological polar surface area (TPSA) is 71.7 Å². The zero-order valence-corrected chi connectivity index (χ0v) is 12.7. The van der Waals surface area contributed by atoms with E-state index in [1.807, 2.05) is 21.0 Å². The van der Waals surface area contributed by atoms with Gasteiger partial charge in [0.25, 0.3) is 0 Å². The lowest BCUT2D eigenvalue weighted by molar-refractivity contribution is 0.0601. The van der Waals surface area contributed by atoms with E-state index in [4.69, 9.17) is 10.5 Å². The molecule has 6 nitrogen and oxygen atoms in total. The molecule has 0 spiro atoms. The van der Waals surface area contributed by atoms with Crippen LogP contribution < -0.4 is 10.6 Å². The number of anilines is 2. The number of pyridine rings is 1. The summed E-state index contributed by atoms with van der Waals surface area (Å²) >= 11 is 0. The Hall–Kier alpha value is -1.82. The molecule has 0 aromatic carbocycles. The largest absolute Gasteiger partial charge is 0.465 e. The number of methoxy groups -OCH3 is 1. The molecular weight excluding hydrogens is 256 g/mol. The summed E-state index contributed by atoms with van der Waals surface area (Å²) in [6.07, 6.45) is 2.56. The average molecular weight is 280 g/mol. The van der Waals surface area contributed by atoms with Gasteiger partial charge >= 0.3 is 5.97 Å². The summed E-state index contributed by atoms with van der Waals surface area (Å²) in [6, 6.07) is 1.61. The van der Waals surface area contributed by atoms with Gasteiger partial charge in [0.05, 0.1) is 19.0 Å². The van der Waals surface area contributed by atoms with E-state index in [9.17, 15) is 4.79 Å². The Bertz CT molecular complexity index is 449. The second-order valence-electron chi connectivity index (χ2n) is 4.87. The van der Waals surface area contributed by atoms with Crippen LogP contribution in [0.2, 0.25) is 0 Å². The average Bonchev–Trinajstić information content (AvgIpc) is 2.43. The number of carbonyl (C=O) groups is 1. The van der Waals surface area contributed by atoms with Crippen molar-refractivity contribution in [2.45, 2.75) is 13.3 Å². The standard InChI is InChI=1S/C14H24N4O2/c1-5-18(8-6-7-17(2)3)13-12(14(19)20-4)9-11(15)10-16-13/h9-10H,5-8,15H2,1-4H3. The van der Waals surface area contributed by atoms with Gasteiger partial charge < -0.3 is 20.3 Å². The van der Waals surface area contributed by atoms with Gasteiger partial charge in [0, 0.05) is 13.1 Å². The van der Waals surface area contributed by atoms with Crippen LogP contribution in [0.15, 0.2) is 12.3 Å². The maximum atomic E-state index is 11.8. The van der Waals surface area contributed by atoms with Gasteiger partial charge in [0.15, 0.2) is 0 Å². The quantitative estimate of drug-likeness (QED) is 0.757. The number of rotatable bonds is 7. The third-order valence-electron chi connectivity index (χ3n) is 3.01. The minimum absolute atomic E-state index is 0.411. The van der Waals surface area contributed by atoms with Gasteiger partial charge in [-0.1, -0.05) is 0 Å². The number of hydrogen-bond acceptors (Lipinski definition) is 6. The van der Waals surface area contributed by atoms with E-state index in [1.54, 1.807) is 12.3 Å².